The van der Waals surface area contributed by atoms with E-state index in [0.717, 1.165) is 17.2 Å². The van der Waals surface area contributed by atoms with E-state index in [1.807, 2.05) is 29.2 Å². The summed E-state index contributed by atoms with van der Waals surface area (Å²) in [7, 11) is -2.53. The highest BCUT2D eigenvalue weighted by molar-refractivity contribution is 7.93. The first-order valence-electron chi connectivity index (χ1n) is 13.4. The van der Waals surface area contributed by atoms with E-state index in [1.165, 1.54) is 24.3 Å². The molecule has 0 saturated carbocycles. The fourth-order valence-electron chi connectivity index (χ4n) is 5.07. The topological polar surface area (TPSA) is 105 Å². The molecule has 3 aromatic carbocycles. The Morgan fingerprint density at radius 1 is 0.976 bits per heavy atom. The van der Waals surface area contributed by atoms with Crippen molar-refractivity contribution in [2.75, 3.05) is 40.0 Å². The fourth-order valence-corrected chi connectivity index (χ4v) is 7.02. The maximum atomic E-state index is 13.6. The number of sulfone groups is 1. The van der Waals surface area contributed by atoms with Gasteiger partial charge in [0, 0.05) is 26.7 Å². The lowest BCUT2D eigenvalue weighted by Gasteiger charge is -2.39. The van der Waals surface area contributed by atoms with E-state index in [2.05, 4.69) is 0 Å². The summed E-state index contributed by atoms with van der Waals surface area (Å²) in [6, 6.07) is 17.3. The average Bonchev–Trinajstić information content (AvgIpc) is 2.99. The Labute approximate surface area is 238 Å². The molecule has 11 heteroatoms. The van der Waals surface area contributed by atoms with Gasteiger partial charge in [-0.05, 0) is 78.8 Å². The van der Waals surface area contributed by atoms with Gasteiger partial charge < -0.3 is 14.4 Å². The summed E-state index contributed by atoms with van der Waals surface area (Å²) < 4.78 is 63.3. The number of hydrogen-bond donors (Lipinski definition) is 2. The maximum absolute atomic E-state index is 13.6. The van der Waals surface area contributed by atoms with Gasteiger partial charge >= 0.3 is 0 Å². The molecule has 220 valence electrons. The molecule has 3 aromatic rings. The van der Waals surface area contributed by atoms with E-state index in [0.29, 0.717) is 57.0 Å². The zero-order valence-electron chi connectivity index (χ0n) is 22.8. The van der Waals surface area contributed by atoms with Crippen LogP contribution in [0.2, 0.25) is 0 Å². The number of aryl methyl sites for hydroxylation is 1. The molecule has 1 fully saturated rings. The van der Waals surface area contributed by atoms with Gasteiger partial charge in [-0.3, -0.25) is 10.0 Å². The predicted molar refractivity (Wildman–Crippen MR) is 149 cm³/mol. The summed E-state index contributed by atoms with van der Waals surface area (Å²) in [5.41, 5.74) is 3.95. The molecule has 0 bridgehead atoms. The lowest BCUT2D eigenvalue weighted by atomic mass is 9.95. The number of nitrogens with one attached hydrogen (secondary N) is 1. The van der Waals surface area contributed by atoms with Gasteiger partial charge in [-0.1, -0.05) is 30.3 Å². The first kappa shape index (κ1) is 30.6. The Morgan fingerprint density at radius 3 is 2.34 bits per heavy atom. The number of amides is 1. The molecule has 8 nitrogen and oxygen atoms in total. The molecule has 0 spiro atoms. The van der Waals surface area contributed by atoms with Crippen LogP contribution >= 0.6 is 0 Å². The summed E-state index contributed by atoms with van der Waals surface area (Å²) >= 11 is 0. The van der Waals surface area contributed by atoms with Crippen molar-refractivity contribution >= 4 is 15.7 Å². The molecule has 1 saturated heterocycles. The second-order valence-corrected chi connectivity index (χ2v) is 12.3. The van der Waals surface area contributed by atoms with Gasteiger partial charge in [-0.15, -0.1) is 0 Å². The molecular formula is C30H34F2N2O6S. The molecule has 0 aromatic heterocycles. The number of carbonyl (C=O) groups is 1. The first-order chi connectivity index (χ1) is 19.7. The number of hydrogen-bond acceptors (Lipinski definition) is 7. The number of likely N-dealkylation sites (tertiary alicyclic amines) is 1. The van der Waals surface area contributed by atoms with Crippen LogP contribution in [0.4, 0.5) is 8.78 Å². The Hall–Kier alpha value is -3.38. The second kappa shape index (κ2) is 13.5. The Morgan fingerprint density at radius 2 is 1.68 bits per heavy atom. The highest BCUT2D eigenvalue weighted by Gasteiger charge is 2.52. The summed E-state index contributed by atoms with van der Waals surface area (Å²) in [5.74, 6) is -2.23. The van der Waals surface area contributed by atoms with Crippen LogP contribution in [0.1, 0.15) is 24.8 Å². The largest absolute Gasteiger partial charge is 0.494 e. The summed E-state index contributed by atoms with van der Waals surface area (Å²) in [6.45, 7) is 2.24. The maximum Gasteiger partial charge on any atom is 0.265 e. The number of benzene rings is 3. The van der Waals surface area contributed by atoms with E-state index < -0.39 is 32.1 Å². The lowest BCUT2D eigenvalue weighted by molar-refractivity contribution is -0.133. The van der Waals surface area contributed by atoms with E-state index in [4.69, 9.17) is 9.47 Å². The minimum absolute atomic E-state index is 0.0205. The number of methoxy groups -OCH3 is 1. The van der Waals surface area contributed by atoms with Gasteiger partial charge in [-0.25, -0.2) is 22.7 Å². The monoisotopic (exact) mass is 588 g/mol. The van der Waals surface area contributed by atoms with Crippen LogP contribution in [0.5, 0.6) is 5.75 Å². The van der Waals surface area contributed by atoms with Crippen molar-refractivity contribution < 1.29 is 36.7 Å². The van der Waals surface area contributed by atoms with Crippen LogP contribution < -0.4 is 10.2 Å². The zero-order chi connectivity index (χ0) is 29.5. The second-order valence-electron chi connectivity index (χ2n) is 10.0. The minimum atomic E-state index is -4.12. The molecule has 0 atom stereocenters. The van der Waals surface area contributed by atoms with Crippen LogP contribution in [0.15, 0.2) is 71.6 Å². The van der Waals surface area contributed by atoms with Gasteiger partial charge in [-0.2, -0.15) is 0 Å². The molecule has 41 heavy (non-hydrogen) atoms. The van der Waals surface area contributed by atoms with Crippen molar-refractivity contribution in [3.8, 4) is 16.9 Å². The number of hydroxylamine groups is 1. The summed E-state index contributed by atoms with van der Waals surface area (Å²) in [5, 5.41) is 9.36. The summed E-state index contributed by atoms with van der Waals surface area (Å²) in [6.07, 6.45) is 1.44. The van der Waals surface area contributed by atoms with Crippen molar-refractivity contribution in [1.29, 1.82) is 0 Å². The smallest absolute Gasteiger partial charge is 0.265 e. The van der Waals surface area contributed by atoms with Crippen molar-refractivity contribution in [1.82, 2.24) is 10.4 Å². The van der Waals surface area contributed by atoms with Gasteiger partial charge in [0.25, 0.3) is 5.91 Å². The third-order valence-electron chi connectivity index (χ3n) is 7.50. The average molecular weight is 589 g/mol. The standard InChI is InChI=1S/C30H34F2N2O6S/c1-39-19-17-34-15-13-30(14-16-34,29(35)33-36)41(37,38)26-10-8-25(9-11-26)40-18-3-5-22-4-2-6-23(20-22)24-7-12-27(31)28(32)21-24/h2,4,6-12,20-21,36H,3,5,13-19H2,1H3,(H,33,35). The third-order valence-corrected chi connectivity index (χ3v) is 10.0. The minimum Gasteiger partial charge on any atom is -0.494 e. The van der Waals surface area contributed by atoms with Gasteiger partial charge in [0.2, 0.25) is 0 Å². The normalized spacial score (nSPS) is 15.4. The van der Waals surface area contributed by atoms with E-state index in [9.17, 15) is 27.2 Å². The van der Waals surface area contributed by atoms with Crippen LogP contribution in [-0.2, 0) is 25.8 Å². The molecule has 1 aliphatic heterocycles. The molecule has 4 rings (SSSR count). The Kier molecular flexibility index (Phi) is 10.1. The molecule has 0 aliphatic carbocycles. The number of ether oxygens (including phenoxy) is 2. The van der Waals surface area contributed by atoms with Crippen molar-refractivity contribution in [3.05, 3.63) is 83.9 Å². The van der Waals surface area contributed by atoms with E-state index in [1.54, 1.807) is 24.7 Å². The summed E-state index contributed by atoms with van der Waals surface area (Å²) in [4.78, 5) is 14.7. The van der Waals surface area contributed by atoms with Crippen molar-refractivity contribution in [2.24, 2.45) is 0 Å². The Balaban J connectivity index is 1.35. The number of carbonyl (C=O) groups excluding carboxylic acids is 1. The third kappa shape index (κ3) is 6.92. The molecule has 2 N–H and O–H groups in total. The zero-order valence-corrected chi connectivity index (χ0v) is 23.6. The Bertz CT molecular complexity index is 1440. The van der Waals surface area contributed by atoms with Gasteiger partial charge in [0.15, 0.2) is 26.2 Å². The first-order valence-corrected chi connectivity index (χ1v) is 14.9. The van der Waals surface area contributed by atoms with Crippen LogP contribution in [0.3, 0.4) is 0 Å². The number of halogens is 2. The van der Waals surface area contributed by atoms with Crippen LogP contribution in [0.25, 0.3) is 11.1 Å². The van der Waals surface area contributed by atoms with Crippen LogP contribution in [-0.4, -0.2) is 69.1 Å². The van der Waals surface area contributed by atoms with Crippen LogP contribution in [0, 0.1) is 11.6 Å². The molecule has 1 aliphatic rings. The molecule has 0 unspecified atom stereocenters. The molecule has 1 amide bonds. The van der Waals surface area contributed by atoms with Crippen molar-refractivity contribution in [2.45, 2.75) is 35.3 Å². The molecular weight excluding hydrogens is 554 g/mol. The number of nitrogens with zero attached hydrogens (tertiary/aromatic N) is 1. The molecule has 1 heterocycles. The van der Waals surface area contributed by atoms with E-state index in [-0.39, 0.29) is 17.7 Å². The fraction of sp³-hybridized carbons (Fsp3) is 0.367. The SMILES string of the molecule is COCCN1CCC(C(=O)NO)(S(=O)(=O)c2ccc(OCCCc3cccc(-c4ccc(F)c(F)c4)c3)cc2)CC1. The number of piperidine rings is 1. The highest BCUT2D eigenvalue weighted by atomic mass is 32.2. The van der Waals surface area contributed by atoms with Crippen molar-refractivity contribution in [3.63, 3.8) is 0 Å². The molecule has 0 radical (unpaired) electrons. The quantitative estimate of drug-likeness (QED) is 0.184. The predicted octanol–water partition coefficient (Wildman–Crippen LogP) is 4.40. The van der Waals surface area contributed by atoms with Gasteiger partial charge in [0.05, 0.1) is 18.1 Å². The lowest BCUT2D eigenvalue weighted by Crippen LogP contribution is -2.57. The number of rotatable bonds is 12. The van der Waals surface area contributed by atoms with E-state index >= 15 is 0 Å². The van der Waals surface area contributed by atoms with Gasteiger partial charge in [0.1, 0.15) is 5.75 Å². The highest BCUT2D eigenvalue weighted by Crippen LogP contribution is 2.36.